The van der Waals surface area contributed by atoms with Crippen LogP contribution in [0.2, 0.25) is 0 Å². The number of Topliss-reactive ketones (excluding diaryl/α,β-unsaturated/α-hetero) is 1. The number of allylic oxidation sites excluding steroid dienone is 1. The first-order valence-electron chi connectivity index (χ1n) is 10.6. The number of carbonyl (C=O) groups is 1. The lowest BCUT2D eigenvalue weighted by molar-refractivity contribution is -0.117. The summed E-state index contributed by atoms with van der Waals surface area (Å²) >= 11 is 0. The first kappa shape index (κ1) is 20.4. The van der Waals surface area contributed by atoms with E-state index in [9.17, 15) is 13.2 Å². The highest BCUT2D eigenvalue weighted by Gasteiger charge is 2.36. The zero-order valence-corrected chi connectivity index (χ0v) is 18.5. The summed E-state index contributed by atoms with van der Waals surface area (Å²) in [7, 11) is -3.53. The van der Waals surface area contributed by atoms with Crippen LogP contribution in [0, 0.1) is 0 Å². The van der Waals surface area contributed by atoms with E-state index >= 15 is 0 Å². The fourth-order valence-corrected chi connectivity index (χ4v) is 5.89. The van der Waals surface area contributed by atoms with Crippen LogP contribution in [0.3, 0.4) is 0 Å². The number of hydrogen-bond donors (Lipinski definition) is 2. The lowest BCUT2D eigenvalue weighted by Crippen LogP contribution is -2.45. The first-order chi connectivity index (χ1) is 14.7. The van der Waals surface area contributed by atoms with Gasteiger partial charge in [-0.15, -0.1) is 0 Å². The summed E-state index contributed by atoms with van der Waals surface area (Å²) in [4.78, 5) is 21.0. The molecule has 1 aliphatic carbocycles. The van der Waals surface area contributed by atoms with Crippen molar-refractivity contribution < 1.29 is 17.9 Å². The monoisotopic (exact) mass is 442 g/mol. The van der Waals surface area contributed by atoms with Crippen molar-refractivity contribution in [1.29, 1.82) is 0 Å². The molecule has 0 spiro atoms. The number of fused-ring (bicyclic) bond motifs is 2. The summed E-state index contributed by atoms with van der Waals surface area (Å²) in [5.74, 6) is 0.866. The number of morpholine rings is 1. The van der Waals surface area contributed by atoms with Crippen molar-refractivity contribution in [2.24, 2.45) is 0 Å². The molecule has 0 atom stereocenters. The van der Waals surface area contributed by atoms with Gasteiger partial charge in [0.1, 0.15) is 5.82 Å². The van der Waals surface area contributed by atoms with E-state index in [-0.39, 0.29) is 16.2 Å². The number of ketones is 1. The topological polar surface area (TPSA) is 104 Å². The number of nitrogens with zero attached hydrogens (tertiary/aromatic N) is 2. The maximum atomic E-state index is 12.8. The van der Waals surface area contributed by atoms with Gasteiger partial charge >= 0.3 is 0 Å². The van der Waals surface area contributed by atoms with E-state index in [4.69, 9.17) is 9.72 Å². The Morgan fingerprint density at radius 3 is 2.52 bits per heavy atom. The predicted molar refractivity (Wildman–Crippen MR) is 116 cm³/mol. The van der Waals surface area contributed by atoms with Gasteiger partial charge in [0, 0.05) is 36.2 Å². The third kappa shape index (κ3) is 3.60. The van der Waals surface area contributed by atoms with E-state index in [0.29, 0.717) is 51.4 Å². The molecule has 0 saturated carbocycles. The molecular formula is C22H26N4O4S. The summed E-state index contributed by atoms with van der Waals surface area (Å²) in [6.45, 7) is 5.62. The number of aromatic nitrogens is 2. The second kappa shape index (κ2) is 7.29. The number of H-pyrrole nitrogens is 1. The molecule has 3 heterocycles. The lowest BCUT2D eigenvalue weighted by atomic mass is 9.83. The molecule has 164 valence electrons. The van der Waals surface area contributed by atoms with Crippen LogP contribution in [-0.2, 0) is 26.0 Å². The van der Waals surface area contributed by atoms with Gasteiger partial charge in [-0.3, -0.25) is 4.79 Å². The van der Waals surface area contributed by atoms with Gasteiger partial charge in [0.2, 0.25) is 10.0 Å². The molecular weight excluding hydrogens is 416 g/mol. The molecule has 0 amide bonds. The predicted octanol–water partition coefficient (Wildman–Crippen LogP) is 2.10. The number of ether oxygens (including phenoxy) is 1. The molecule has 5 rings (SSSR count). The van der Waals surface area contributed by atoms with E-state index in [1.54, 1.807) is 24.3 Å². The van der Waals surface area contributed by atoms with Gasteiger partial charge in [-0.2, -0.15) is 4.31 Å². The van der Waals surface area contributed by atoms with Crippen molar-refractivity contribution in [2.75, 3.05) is 26.3 Å². The maximum Gasteiger partial charge on any atom is 0.243 e. The minimum absolute atomic E-state index is 0.193. The second-order valence-electron chi connectivity index (χ2n) is 8.91. The summed E-state index contributed by atoms with van der Waals surface area (Å²) in [6, 6.07) is 6.79. The number of carbonyl (C=O) groups excluding carboxylic acids is 1. The fraction of sp³-hybridized carbons (Fsp3) is 0.455. The zero-order chi connectivity index (χ0) is 21.8. The van der Waals surface area contributed by atoms with Crippen molar-refractivity contribution in [1.82, 2.24) is 19.6 Å². The normalized spacial score (nSPS) is 21.4. The highest BCUT2D eigenvalue weighted by molar-refractivity contribution is 7.89. The van der Waals surface area contributed by atoms with Crippen LogP contribution in [-0.4, -0.2) is 60.3 Å². The number of aryl methyl sites for hydroxylation is 1. The summed E-state index contributed by atoms with van der Waals surface area (Å²) < 4.78 is 32.4. The van der Waals surface area contributed by atoms with E-state index in [2.05, 4.69) is 10.3 Å². The summed E-state index contributed by atoms with van der Waals surface area (Å²) in [6.07, 6.45) is 1.88. The smallest absolute Gasteiger partial charge is 0.243 e. The Bertz CT molecular complexity index is 1170. The van der Waals surface area contributed by atoms with Crippen molar-refractivity contribution in [3.63, 3.8) is 0 Å². The SMILES string of the molecule is CC1(C)CC(=O)C2=C(N1)c1[nH]c(-c3ccc(S(=O)(=O)N4CCOCC4)cc3)nc1CC2. The Morgan fingerprint density at radius 1 is 1.10 bits per heavy atom. The molecule has 9 heteroatoms. The molecule has 1 aromatic heterocycles. The number of aromatic amines is 1. The lowest BCUT2D eigenvalue weighted by Gasteiger charge is -2.36. The van der Waals surface area contributed by atoms with E-state index in [1.807, 2.05) is 13.8 Å². The Kier molecular flexibility index (Phi) is 4.80. The third-order valence-electron chi connectivity index (χ3n) is 6.08. The fourth-order valence-electron chi connectivity index (χ4n) is 4.48. The van der Waals surface area contributed by atoms with Gasteiger partial charge in [0.05, 0.1) is 35.2 Å². The Hall–Kier alpha value is -2.49. The molecule has 3 aliphatic rings. The summed E-state index contributed by atoms with van der Waals surface area (Å²) in [5.41, 5.74) is 3.99. The minimum atomic E-state index is -3.53. The highest BCUT2D eigenvalue weighted by atomic mass is 32.2. The van der Waals surface area contributed by atoms with Gasteiger partial charge in [-0.25, -0.2) is 13.4 Å². The van der Waals surface area contributed by atoms with Gasteiger partial charge in [-0.1, -0.05) is 0 Å². The molecule has 1 aromatic carbocycles. The molecule has 2 aromatic rings. The largest absolute Gasteiger partial charge is 0.379 e. The van der Waals surface area contributed by atoms with E-state index < -0.39 is 10.0 Å². The molecule has 1 fully saturated rings. The number of imidazole rings is 1. The molecule has 31 heavy (non-hydrogen) atoms. The number of hydrogen-bond acceptors (Lipinski definition) is 6. The first-order valence-corrected chi connectivity index (χ1v) is 12.0. The molecule has 2 N–H and O–H groups in total. The van der Waals surface area contributed by atoms with Gasteiger partial charge in [-0.05, 0) is 51.0 Å². The molecule has 0 radical (unpaired) electrons. The molecule has 1 saturated heterocycles. The third-order valence-corrected chi connectivity index (χ3v) is 7.99. The van der Waals surface area contributed by atoms with Crippen LogP contribution in [0.25, 0.3) is 17.1 Å². The van der Waals surface area contributed by atoms with Crippen LogP contribution in [0.5, 0.6) is 0 Å². The molecule has 8 nitrogen and oxygen atoms in total. The van der Waals surface area contributed by atoms with E-state index in [0.717, 1.165) is 28.2 Å². The van der Waals surface area contributed by atoms with Gasteiger partial charge in [0.15, 0.2) is 5.78 Å². The standard InChI is InChI=1S/C22H26N4O4S/c1-22(2)13-18(27)16-7-8-17-20(19(16)25-22)24-21(23-17)14-3-5-15(6-4-14)31(28,29)26-9-11-30-12-10-26/h3-6,25H,7-13H2,1-2H3,(H,23,24). The van der Waals surface area contributed by atoms with Gasteiger partial charge in [0.25, 0.3) is 0 Å². The van der Waals surface area contributed by atoms with Gasteiger partial charge < -0.3 is 15.0 Å². The number of sulfonamides is 1. The molecule has 2 aliphatic heterocycles. The van der Waals surface area contributed by atoms with Crippen molar-refractivity contribution in [2.45, 2.75) is 43.5 Å². The Labute approximate surface area is 181 Å². The summed E-state index contributed by atoms with van der Waals surface area (Å²) in [5, 5.41) is 3.50. The van der Waals surface area contributed by atoms with Crippen molar-refractivity contribution in [3.8, 4) is 11.4 Å². The van der Waals surface area contributed by atoms with Crippen LogP contribution in [0.4, 0.5) is 0 Å². The van der Waals surface area contributed by atoms with Crippen LogP contribution in [0.1, 0.15) is 38.1 Å². The zero-order valence-electron chi connectivity index (χ0n) is 17.7. The van der Waals surface area contributed by atoms with Crippen LogP contribution < -0.4 is 5.32 Å². The second-order valence-corrected chi connectivity index (χ2v) is 10.8. The average Bonchev–Trinajstić information content (AvgIpc) is 3.19. The minimum Gasteiger partial charge on any atom is -0.379 e. The van der Waals surface area contributed by atoms with Crippen molar-refractivity contribution >= 4 is 21.5 Å². The average molecular weight is 443 g/mol. The van der Waals surface area contributed by atoms with Crippen molar-refractivity contribution in [3.05, 3.63) is 41.2 Å². The van der Waals surface area contributed by atoms with Crippen LogP contribution >= 0.6 is 0 Å². The Morgan fingerprint density at radius 2 is 1.81 bits per heavy atom. The van der Waals surface area contributed by atoms with Crippen LogP contribution in [0.15, 0.2) is 34.7 Å². The highest BCUT2D eigenvalue weighted by Crippen LogP contribution is 2.36. The van der Waals surface area contributed by atoms with E-state index in [1.165, 1.54) is 4.31 Å². The quantitative estimate of drug-likeness (QED) is 0.754. The molecule has 0 unspecified atom stereocenters. The maximum absolute atomic E-state index is 12.8. The molecule has 0 bridgehead atoms. The number of benzene rings is 1. The number of nitrogens with one attached hydrogen (secondary N) is 2. The number of rotatable bonds is 3. The Balaban J connectivity index is 1.45.